The highest BCUT2D eigenvalue weighted by Gasteiger charge is 2.35. The van der Waals surface area contributed by atoms with E-state index in [1.165, 1.54) is 49.4 Å². The van der Waals surface area contributed by atoms with E-state index in [0.717, 1.165) is 22.3 Å². The predicted octanol–water partition coefficient (Wildman–Crippen LogP) is 11.2. The van der Waals surface area contributed by atoms with E-state index in [4.69, 9.17) is 15.0 Å². The van der Waals surface area contributed by atoms with Gasteiger partial charge in [0.15, 0.2) is 17.5 Å². The topological polar surface area (TPSA) is 38.7 Å². The minimum Gasteiger partial charge on any atom is -0.208 e. The normalized spacial score (nSPS) is 13.1. The van der Waals surface area contributed by atoms with Crippen molar-refractivity contribution in [1.29, 1.82) is 0 Å². The molecule has 1 aromatic heterocycles. The minimum atomic E-state index is -0.108. The summed E-state index contributed by atoms with van der Waals surface area (Å²) in [5, 5.41) is 5.02. The molecule has 0 atom stereocenters. The average Bonchev–Trinajstić information content (AvgIpc) is 3.37. The lowest BCUT2D eigenvalue weighted by Gasteiger charge is -2.21. The van der Waals surface area contributed by atoms with E-state index in [1.807, 2.05) is 18.2 Å². The number of aromatic nitrogens is 3. The van der Waals surface area contributed by atoms with Gasteiger partial charge in [0, 0.05) is 22.1 Å². The molecular weight excluding hydrogens is 571 g/mol. The predicted molar refractivity (Wildman–Crippen MR) is 194 cm³/mol. The van der Waals surface area contributed by atoms with Crippen LogP contribution >= 0.6 is 0 Å². The number of rotatable bonds is 4. The summed E-state index contributed by atoms with van der Waals surface area (Å²) in [5.41, 5.74) is 10.4. The van der Waals surface area contributed by atoms with Gasteiger partial charge in [-0.2, -0.15) is 0 Å². The molecular formula is C44H31N3. The van der Waals surface area contributed by atoms with Crippen LogP contribution in [0.1, 0.15) is 25.0 Å². The van der Waals surface area contributed by atoms with Gasteiger partial charge in [0.2, 0.25) is 0 Å². The van der Waals surface area contributed by atoms with Crippen molar-refractivity contribution in [3.8, 4) is 56.4 Å². The highest BCUT2D eigenvalue weighted by atomic mass is 15.0. The lowest BCUT2D eigenvalue weighted by Crippen LogP contribution is -2.15. The first kappa shape index (κ1) is 27.4. The molecule has 0 amide bonds. The Morgan fingerprint density at radius 2 is 0.894 bits per heavy atom. The summed E-state index contributed by atoms with van der Waals surface area (Å²) in [7, 11) is 0. The number of nitrogens with zero attached hydrogens (tertiary/aromatic N) is 3. The number of benzene rings is 7. The largest absolute Gasteiger partial charge is 0.208 e. The molecule has 0 saturated heterocycles. The molecule has 0 bridgehead atoms. The Bertz CT molecular complexity index is 2480. The molecule has 0 unspecified atom stereocenters. The monoisotopic (exact) mass is 601 g/mol. The SMILES string of the molecule is CC1(C)c2ccccc2-c2ccc(-c3nc(-c4ccccc4)nc(-c4ccc(-c5cc6ccccc6c6ccccc56)cc4)n3)cc21. The molecule has 3 heteroatoms. The Labute approximate surface area is 274 Å². The summed E-state index contributed by atoms with van der Waals surface area (Å²) < 4.78 is 0. The fraction of sp³-hybridized carbons (Fsp3) is 0.0682. The van der Waals surface area contributed by atoms with E-state index in [-0.39, 0.29) is 5.41 Å². The fourth-order valence-corrected chi connectivity index (χ4v) is 7.29. The Kier molecular flexibility index (Phi) is 6.16. The quantitative estimate of drug-likeness (QED) is 0.188. The first-order chi connectivity index (χ1) is 23.0. The van der Waals surface area contributed by atoms with Crippen LogP contribution < -0.4 is 0 Å². The second kappa shape index (κ2) is 10.6. The van der Waals surface area contributed by atoms with Crippen molar-refractivity contribution in [1.82, 2.24) is 15.0 Å². The second-order valence-electron chi connectivity index (χ2n) is 12.9. The van der Waals surface area contributed by atoms with E-state index in [9.17, 15) is 0 Å². The van der Waals surface area contributed by atoms with Gasteiger partial charge in [-0.3, -0.25) is 0 Å². The van der Waals surface area contributed by atoms with Gasteiger partial charge in [0.05, 0.1) is 0 Å². The van der Waals surface area contributed by atoms with Crippen LogP contribution in [0.15, 0.2) is 152 Å². The molecule has 9 rings (SSSR count). The van der Waals surface area contributed by atoms with Crippen LogP contribution in [0.5, 0.6) is 0 Å². The Hall–Kier alpha value is -5.93. The second-order valence-corrected chi connectivity index (χ2v) is 12.9. The molecule has 0 N–H and O–H groups in total. The van der Waals surface area contributed by atoms with Crippen molar-refractivity contribution < 1.29 is 0 Å². The van der Waals surface area contributed by atoms with Crippen molar-refractivity contribution in [3.05, 3.63) is 163 Å². The molecule has 7 aromatic carbocycles. The molecule has 3 nitrogen and oxygen atoms in total. The van der Waals surface area contributed by atoms with Crippen LogP contribution in [0.25, 0.3) is 78.0 Å². The smallest absolute Gasteiger partial charge is 0.164 e. The van der Waals surface area contributed by atoms with Crippen LogP contribution in [-0.2, 0) is 5.41 Å². The molecule has 0 radical (unpaired) electrons. The molecule has 47 heavy (non-hydrogen) atoms. The maximum atomic E-state index is 5.09. The van der Waals surface area contributed by atoms with Gasteiger partial charge in [0.25, 0.3) is 0 Å². The number of hydrogen-bond donors (Lipinski definition) is 0. The summed E-state index contributed by atoms with van der Waals surface area (Å²) in [6.45, 7) is 4.60. The van der Waals surface area contributed by atoms with Gasteiger partial charge in [-0.05, 0) is 67.1 Å². The molecule has 8 aromatic rings. The van der Waals surface area contributed by atoms with Crippen molar-refractivity contribution in [2.24, 2.45) is 0 Å². The third-order valence-corrected chi connectivity index (χ3v) is 9.73. The highest BCUT2D eigenvalue weighted by molar-refractivity contribution is 6.13. The summed E-state index contributed by atoms with van der Waals surface area (Å²) in [4.78, 5) is 15.1. The van der Waals surface area contributed by atoms with Gasteiger partial charge >= 0.3 is 0 Å². The van der Waals surface area contributed by atoms with Gasteiger partial charge in [0.1, 0.15) is 0 Å². The molecule has 0 spiro atoms. The summed E-state index contributed by atoms with van der Waals surface area (Å²) in [6.07, 6.45) is 0. The van der Waals surface area contributed by atoms with E-state index in [0.29, 0.717) is 17.5 Å². The highest BCUT2D eigenvalue weighted by Crippen LogP contribution is 2.49. The van der Waals surface area contributed by atoms with Crippen molar-refractivity contribution in [2.75, 3.05) is 0 Å². The van der Waals surface area contributed by atoms with Crippen LogP contribution in [0.2, 0.25) is 0 Å². The molecule has 0 saturated carbocycles. The Balaban J connectivity index is 1.17. The lowest BCUT2D eigenvalue weighted by molar-refractivity contribution is 0.660. The molecule has 222 valence electrons. The third kappa shape index (κ3) is 4.46. The molecule has 1 heterocycles. The van der Waals surface area contributed by atoms with Gasteiger partial charge in [-0.25, -0.2) is 15.0 Å². The lowest BCUT2D eigenvalue weighted by atomic mass is 9.82. The Morgan fingerprint density at radius 3 is 1.66 bits per heavy atom. The maximum absolute atomic E-state index is 5.09. The first-order valence-corrected chi connectivity index (χ1v) is 16.1. The van der Waals surface area contributed by atoms with Crippen LogP contribution in [0, 0.1) is 0 Å². The molecule has 0 aliphatic heterocycles. The zero-order valence-electron chi connectivity index (χ0n) is 26.3. The van der Waals surface area contributed by atoms with E-state index in [2.05, 4.69) is 147 Å². The number of hydrogen-bond acceptors (Lipinski definition) is 3. The van der Waals surface area contributed by atoms with E-state index < -0.39 is 0 Å². The van der Waals surface area contributed by atoms with Crippen molar-refractivity contribution >= 4 is 21.5 Å². The van der Waals surface area contributed by atoms with E-state index in [1.54, 1.807) is 0 Å². The number of fused-ring (bicyclic) bond motifs is 6. The van der Waals surface area contributed by atoms with Gasteiger partial charge in [-0.15, -0.1) is 0 Å². The standard InChI is InChI=1S/C44H31N3/c1-44(2)39-19-11-10-18-36(39)37-25-24-32(27-40(37)44)43-46-41(29-12-4-3-5-13-29)45-42(47-43)30-22-20-28(21-23-30)38-26-31-14-6-7-15-33(31)34-16-8-9-17-35(34)38/h3-27H,1-2H3. The Morgan fingerprint density at radius 1 is 0.362 bits per heavy atom. The van der Waals surface area contributed by atoms with Crippen LogP contribution in [-0.4, -0.2) is 15.0 Å². The molecule has 1 aliphatic rings. The molecule has 0 fully saturated rings. The zero-order valence-corrected chi connectivity index (χ0v) is 26.3. The first-order valence-electron chi connectivity index (χ1n) is 16.1. The van der Waals surface area contributed by atoms with Gasteiger partial charge < -0.3 is 0 Å². The average molecular weight is 602 g/mol. The van der Waals surface area contributed by atoms with Crippen molar-refractivity contribution in [3.63, 3.8) is 0 Å². The van der Waals surface area contributed by atoms with Crippen molar-refractivity contribution in [2.45, 2.75) is 19.3 Å². The van der Waals surface area contributed by atoms with Gasteiger partial charge in [-0.1, -0.05) is 153 Å². The fourth-order valence-electron chi connectivity index (χ4n) is 7.29. The summed E-state index contributed by atoms with van der Waals surface area (Å²) in [5.74, 6) is 2.00. The zero-order chi connectivity index (χ0) is 31.5. The minimum absolute atomic E-state index is 0.108. The van der Waals surface area contributed by atoms with E-state index >= 15 is 0 Å². The van der Waals surface area contributed by atoms with Crippen LogP contribution in [0.4, 0.5) is 0 Å². The third-order valence-electron chi connectivity index (χ3n) is 9.73. The molecule has 1 aliphatic carbocycles. The maximum Gasteiger partial charge on any atom is 0.164 e. The summed E-state index contributed by atoms with van der Waals surface area (Å²) in [6, 6.07) is 53.8. The van der Waals surface area contributed by atoms with Crippen LogP contribution in [0.3, 0.4) is 0 Å². The summed E-state index contributed by atoms with van der Waals surface area (Å²) >= 11 is 0.